The molecule has 1 atom stereocenters. The number of benzene rings is 3. The standard InChI is InChI=1S/C26H24N2O3S/c1-18(19-10-6-4-7-11-19)28-25(29)24(32-26(28)27-21-12-8-5-9-13-21)16-20-14-15-22(30-2)17-23(20)31-3/h4-18H,1-3H3/b24-16+,27-26?/t18-/m0/s1. The number of para-hydroxylation sites is 1. The van der Waals surface area contributed by atoms with Gasteiger partial charge in [-0.2, -0.15) is 0 Å². The zero-order valence-electron chi connectivity index (χ0n) is 18.2. The van der Waals surface area contributed by atoms with E-state index < -0.39 is 0 Å². The van der Waals surface area contributed by atoms with Gasteiger partial charge in [0.25, 0.3) is 5.91 Å². The first-order valence-electron chi connectivity index (χ1n) is 10.2. The van der Waals surface area contributed by atoms with Crippen LogP contribution in [0.15, 0.2) is 88.8 Å². The first-order chi connectivity index (χ1) is 15.6. The highest BCUT2D eigenvalue weighted by atomic mass is 32.2. The molecule has 1 heterocycles. The van der Waals surface area contributed by atoms with E-state index in [1.807, 2.05) is 85.8 Å². The van der Waals surface area contributed by atoms with Crippen molar-refractivity contribution in [2.45, 2.75) is 13.0 Å². The van der Waals surface area contributed by atoms with Crippen LogP contribution in [-0.2, 0) is 4.79 Å². The van der Waals surface area contributed by atoms with Gasteiger partial charge < -0.3 is 9.47 Å². The molecule has 1 aliphatic rings. The van der Waals surface area contributed by atoms with Crippen molar-refractivity contribution >= 4 is 34.6 Å². The maximum Gasteiger partial charge on any atom is 0.267 e. The summed E-state index contributed by atoms with van der Waals surface area (Å²) >= 11 is 1.37. The summed E-state index contributed by atoms with van der Waals surface area (Å²) in [7, 11) is 3.21. The Morgan fingerprint density at radius 3 is 2.28 bits per heavy atom. The molecular weight excluding hydrogens is 420 g/mol. The summed E-state index contributed by atoms with van der Waals surface area (Å²) in [5.74, 6) is 1.25. The molecule has 1 aliphatic heterocycles. The van der Waals surface area contributed by atoms with E-state index in [4.69, 9.17) is 14.5 Å². The van der Waals surface area contributed by atoms with Crippen molar-refractivity contribution < 1.29 is 14.3 Å². The molecule has 4 rings (SSSR count). The van der Waals surface area contributed by atoms with Crippen molar-refractivity contribution in [1.29, 1.82) is 0 Å². The number of carbonyl (C=O) groups is 1. The molecule has 0 bridgehead atoms. The Morgan fingerprint density at radius 1 is 0.938 bits per heavy atom. The quantitative estimate of drug-likeness (QED) is 0.433. The lowest BCUT2D eigenvalue weighted by Crippen LogP contribution is -2.32. The summed E-state index contributed by atoms with van der Waals surface area (Å²) in [4.78, 5) is 20.7. The molecule has 0 spiro atoms. The van der Waals surface area contributed by atoms with Crippen LogP contribution >= 0.6 is 11.8 Å². The van der Waals surface area contributed by atoms with Gasteiger partial charge in [-0.1, -0.05) is 48.5 Å². The van der Waals surface area contributed by atoms with Crippen LogP contribution in [0, 0.1) is 0 Å². The van der Waals surface area contributed by atoms with Gasteiger partial charge in [-0.25, -0.2) is 4.99 Å². The number of hydrogen-bond donors (Lipinski definition) is 0. The van der Waals surface area contributed by atoms with Crippen molar-refractivity contribution in [1.82, 2.24) is 4.90 Å². The van der Waals surface area contributed by atoms with Crippen molar-refractivity contribution in [2.24, 2.45) is 4.99 Å². The third-order valence-electron chi connectivity index (χ3n) is 5.21. The van der Waals surface area contributed by atoms with Gasteiger partial charge in [-0.3, -0.25) is 9.69 Å². The summed E-state index contributed by atoms with van der Waals surface area (Å²) in [5, 5.41) is 0.649. The molecule has 3 aromatic rings. The Labute approximate surface area is 192 Å². The van der Waals surface area contributed by atoms with Crippen LogP contribution in [0.5, 0.6) is 11.5 Å². The number of hydrogen-bond acceptors (Lipinski definition) is 5. The van der Waals surface area contributed by atoms with Crippen molar-refractivity contribution in [3.63, 3.8) is 0 Å². The highest BCUT2D eigenvalue weighted by Crippen LogP contribution is 2.40. The fraction of sp³-hybridized carbons (Fsp3) is 0.154. The van der Waals surface area contributed by atoms with Crippen LogP contribution in [0.3, 0.4) is 0 Å². The summed E-state index contributed by atoms with van der Waals surface area (Å²) in [6.45, 7) is 2.02. The molecule has 0 unspecified atom stereocenters. The number of methoxy groups -OCH3 is 2. The maximum atomic E-state index is 13.5. The number of nitrogens with zero attached hydrogens (tertiary/aromatic N) is 2. The van der Waals surface area contributed by atoms with Gasteiger partial charge in [0.05, 0.1) is 30.9 Å². The Balaban J connectivity index is 1.76. The average molecular weight is 445 g/mol. The van der Waals surface area contributed by atoms with Crippen LogP contribution in [-0.4, -0.2) is 30.2 Å². The molecule has 1 fully saturated rings. The van der Waals surface area contributed by atoms with Crippen LogP contribution in [0.1, 0.15) is 24.1 Å². The molecule has 3 aromatic carbocycles. The van der Waals surface area contributed by atoms with Gasteiger partial charge >= 0.3 is 0 Å². The molecule has 0 radical (unpaired) electrons. The zero-order valence-corrected chi connectivity index (χ0v) is 19.0. The van der Waals surface area contributed by atoms with Crippen molar-refractivity contribution in [2.75, 3.05) is 14.2 Å². The van der Waals surface area contributed by atoms with Crippen LogP contribution in [0.2, 0.25) is 0 Å². The van der Waals surface area contributed by atoms with E-state index in [2.05, 4.69) is 0 Å². The van der Waals surface area contributed by atoms with Crippen LogP contribution in [0.25, 0.3) is 6.08 Å². The lowest BCUT2D eigenvalue weighted by molar-refractivity contribution is -0.123. The van der Waals surface area contributed by atoms with E-state index >= 15 is 0 Å². The van der Waals surface area contributed by atoms with E-state index in [1.165, 1.54) is 11.8 Å². The Kier molecular flexibility index (Phi) is 6.61. The van der Waals surface area contributed by atoms with E-state index in [9.17, 15) is 4.79 Å². The smallest absolute Gasteiger partial charge is 0.267 e. The second-order valence-corrected chi connectivity index (χ2v) is 8.22. The fourth-order valence-corrected chi connectivity index (χ4v) is 4.54. The predicted molar refractivity (Wildman–Crippen MR) is 130 cm³/mol. The third kappa shape index (κ3) is 4.55. The maximum absolute atomic E-state index is 13.5. The van der Waals surface area contributed by atoms with Gasteiger partial charge in [-0.15, -0.1) is 0 Å². The minimum atomic E-state index is -0.165. The van der Waals surface area contributed by atoms with Gasteiger partial charge in [0.1, 0.15) is 11.5 Å². The van der Waals surface area contributed by atoms with Crippen molar-refractivity contribution in [3.8, 4) is 11.5 Å². The van der Waals surface area contributed by atoms with Crippen molar-refractivity contribution in [3.05, 3.63) is 94.9 Å². The lowest BCUT2D eigenvalue weighted by atomic mass is 10.1. The molecule has 32 heavy (non-hydrogen) atoms. The molecule has 5 nitrogen and oxygen atoms in total. The number of amidine groups is 1. The molecule has 1 amide bonds. The van der Waals surface area contributed by atoms with Crippen LogP contribution < -0.4 is 9.47 Å². The highest BCUT2D eigenvalue weighted by Gasteiger charge is 2.37. The first-order valence-corrected chi connectivity index (χ1v) is 11.1. The summed E-state index contributed by atoms with van der Waals surface area (Å²) < 4.78 is 10.8. The number of ether oxygens (including phenoxy) is 2. The minimum Gasteiger partial charge on any atom is -0.497 e. The highest BCUT2D eigenvalue weighted by molar-refractivity contribution is 8.18. The van der Waals surface area contributed by atoms with Gasteiger partial charge in [0, 0.05) is 11.6 Å². The second-order valence-electron chi connectivity index (χ2n) is 7.21. The summed E-state index contributed by atoms with van der Waals surface area (Å²) in [6, 6.07) is 25.0. The molecular formula is C26H24N2O3S. The van der Waals surface area contributed by atoms with E-state index in [0.717, 1.165) is 16.8 Å². The number of rotatable bonds is 6. The van der Waals surface area contributed by atoms with E-state index in [-0.39, 0.29) is 11.9 Å². The molecule has 0 aliphatic carbocycles. The van der Waals surface area contributed by atoms with E-state index in [0.29, 0.717) is 21.6 Å². The molecule has 1 saturated heterocycles. The largest absolute Gasteiger partial charge is 0.497 e. The number of aliphatic imine (C=N–C) groups is 1. The summed E-state index contributed by atoms with van der Waals surface area (Å²) in [5.41, 5.74) is 2.65. The second kappa shape index (κ2) is 9.75. The van der Waals surface area contributed by atoms with Gasteiger partial charge in [0.15, 0.2) is 5.17 Å². The number of carbonyl (C=O) groups excluding carboxylic acids is 1. The Morgan fingerprint density at radius 2 is 1.62 bits per heavy atom. The van der Waals surface area contributed by atoms with E-state index in [1.54, 1.807) is 25.2 Å². The monoisotopic (exact) mass is 444 g/mol. The summed E-state index contributed by atoms with van der Waals surface area (Å²) in [6.07, 6.45) is 1.85. The minimum absolute atomic E-state index is 0.0843. The molecule has 0 aromatic heterocycles. The zero-order chi connectivity index (χ0) is 22.5. The van der Waals surface area contributed by atoms with Gasteiger partial charge in [-0.05, 0) is 54.6 Å². The molecule has 0 N–H and O–H groups in total. The Bertz CT molecular complexity index is 1160. The van der Waals surface area contributed by atoms with Crippen LogP contribution in [0.4, 0.5) is 5.69 Å². The average Bonchev–Trinajstić information content (AvgIpc) is 3.14. The van der Waals surface area contributed by atoms with Gasteiger partial charge in [0.2, 0.25) is 0 Å². The SMILES string of the molecule is COc1ccc(/C=C2/SC(=Nc3ccccc3)N([C@@H](C)c3ccccc3)C2=O)c(OC)c1. The third-order valence-corrected chi connectivity index (χ3v) is 6.20. The number of thioether (sulfide) groups is 1. The fourth-order valence-electron chi connectivity index (χ4n) is 3.48. The Hall–Kier alpha value is -3.51. The molecule has 162 valence electrons. The molecule has 6 heteroatoms. The lowest BCUT2D eigenvalue weighted by Gasteiger charge is -2.24. The normalized spacial score (nSPS) is 17.1. The first kappa shape index (κ1) is 21.7. The molecule has 0 saturated carbocycles. The predicted octanol–water partition coefficient (Wildman–Crippen LogP) is 6.07. The number of amides is 1. The topological polar surface area (TPSA) is 51.1 Å².